The third-order valence-electron chi connectivity index (χ3n) is 6.19. The number of halogens is 1. The number of nitrogens with zero attached hydrogens (tertiary/aromatic N) is 2. The Morgan fingerprint density at radius 2 is 1.97 bits per heavy atom. The molecule has 0 bridgehead atoms. The van der Waals surface area contributed by atoms with Crippen LogP contribution in [-0.2, 0) is 21.3 Å². The molecule has 0 radical (unpaired) electrons. The van der Waals surface area contributed by atoms with Crippen molar-refractivity contribution in [3.05, 3.63) is 69.7 Å². The number of amides is 1. The fourth-order valence-electron chi connectivity index (χ4n) is 4.21. The van der Waals surface area contributed by atoms with Gasteiger partial charge in [0, 0.05) is 30.7 Å². The van der Waals surface area contributed by atoms with Crippen LogP contribution in [0.1, 0.15) is 34.9 Å². The van der Waals surface area contributed by atoms with Crippen LogP contribution in [0, 0.1) is 5.82 Å². The number of anilines is 1. The monoisotopic (exact) mass is 561 g/mol. The minimum Gasteiger partial charge on any atom is -0.454 e. The zero-order valence-corrected chi connectivity index (χ0v) is 21.9. The number of hydrogen-bond acceptors (Lipinski definition) is 9. The van der Waals surface area contributed by atoms with Gasteiger partial charge < -0.3 is 14.6 Å². The number of sulfonamides is 1. The maximum Gasteiger partial charge on any atom is 0.437 e. The van der Waals surface area contributed by atoms with Crippen molar-refractivity contribution in [2.75, 3.05) is 25.7 Å². The maximum absolute atomic E-state index is 13.3. The van der Waals surface area contributed by atoms with E-state index in [-0.39, 0.29) is 18.2 Å². The second-order valence-electron chi connectivity index (χ2n) is 8.72. The lowest BCUT2D eigenvalue weighted by Gasteiger charge is -2.22. The highest BCUT2D eigenvalue weighted by Gasteiger charge is 2.31. The van der Waals surface area contributed by atoms with Gasteiger partial charge in [-0.15, -0.1) is 11.3 Å². The number of carbonyl (C=O) groups excluding carboxylic acids is 1. The number of rotatable bonds is 7. The molecule has 200 valence electrons. The summed E-state index contributed by atoms with van der Waals surface area (Å²) in [6, 6.07) is 10.2. The number of aliphatic hydroxyl groups is 1. The molecule has 10 nitrogen and oxygen atoms in total. The number of thiophene rings is 1. The van der Waals surface area contributed by atoms with E-state index in [1.54, 1.807) is 18.2 Å². The molecule has 1 unspecified atom stereocenters. The number of likely N-dealkylation sites (N-methyl/N-ethyl adjacent to an activating group) is 1. The van der Waals surface area contributed by atoms with E-state index < -0.39 is 28.0 Å². The van der Waals surface area contributed by atoms with Gasteiger partial charge >= 0.3 is 6.09 Å². The predicted molar refractivity (Wildman–Crippen MR) is 138 cm³/mol. The summed E-state index contributed by atoms with van der Waals surface area (Å²) in [4.78, 5) is 18.1. The van der Waals surface area contributed by atoms with Crippen molar-refractivity contribution in [1.29, 1.82) is 0 Å². The fourth-order valence-corrected chi connectivity index (χ4v) is 7.09. The van der Waals surface area contributed by atoms with Crippen LogP contribution in [0.2, 0.25) is 0 Å². The summed E-state index contributed by atoms with van der Waals surface area (Å²) < 4.78 is 51.5. The minimum absolute atomic E-state index is 0.113. The van der Waals surface area contributed by atoms with Crippen molar-refractivity contribution >= 4 is 38.9 Å². The van der Waals surface area contributed by atoms with E-state index in [1.807, 2.05) is 0 Å². The Labute approximate surface area is 222 Å². The summed E-state index contributed by atoms with van der Waals surface area (Å²) in [7, 11) is -2.55. The van der Waals surface area contributed by atoms with Crippen LogP contribution in [-0.4, -0.2) is 50.0 Å². The van der Waals surface area contributed by atoms with Crippen molar-refractivity contribution in [2.45, 2.75) is 30.3 Å². The van der Waals surface area contributed by atoms with E-state index in [1.165, 1.54) is 48.0 Å². The molecule has 3 aromatic rings. The van der Waals surface area contributed by atoms with Crippen LogP contribution in [0.4, 0.5) is 14.9 Å². The molecule has 2 N–H and O–H groups in total. The van der Waals surface area contributed by atoms with E-state index in [0.717, 1.165) is 4.31 Å². The molecule has 0 saturated heterocycles. The Morgan fingerprint density at radius 1 is 1.21 bits per heavy atom. The number of benzene rings is 2. The second-order valence-corrected chi connectivity index (χ2v) is 11.6. The second kappa shape index (κ2) is 10.7. The molecule has 5 rings (SSSR count). The highest BCUT2D eigenvalue weighted by Crippen LogP contribution is 2.36. The smallest absolute Gasteiger partial charge is 0.437 e. The molecule has 38 heavy (non-hydrogen) atoms. The Kier molecular flexibility index (Phi) is 7.34. The van der Waals surface area contributed by atoms with Gasteiger partial charge in [-0.2, -0.15) is 4.31 Å². The van der Waals surface area contributed by atoms with Gasteiger partial charge in [-0.3, -0.25) is 10.2 Å². The zero-order valence-electron chi connectivity index (χ0n) is 20.2. The van der Waals surface area contributed by atoms with Gasteiger partial charge in [0.1, 0.15) is 5.82 Å². The van der Waals surface area contributed by atoms with Gasteiger partial charge in [-0.25, -0.2) is 17.6 Å². The molecule has 1 aliphatic heterocycles. The van der Waals surface area contributed by atoms with Crippen LogP contribution >= 0.6 is 11.3 Å². The van der Waals surface area contributed by atoms with Crippen LogP contribution < -0.4 is 14.8 Å². The summed E-state index contributed by atoms with van der Waals surface area (Å²) in [5, 5.41) is 18.6. The zero-order chi connectivity index (χ0) is 26.9. The summed E-state index contributed by atoms with van der Waals surface area (Å²) in [5.41, 5.74) is 1.93. The first-order valence-electron chi connectivity index (χ1n) is 11.7. The van der Waals surface area contributed by atoms with Crippen molar-refractivity contribution in [1.82, 2.24) is 4.31 Å². The lowest BCUT2D eigenvalue weighted by Crippen LogP contribution is -2.31. The van der Waals surface area contributed by atoms with Crippen molar-refractivity contribution < 1.29 is 37.0 Å². The predicted octanol–water partition coefficient (Wildman–Crippen LogP) is 4.26. The number of ether oxygens (including phenoxy) is 2. The topological polar surface area (TPSA) is 127 Å². The van der Waals surface area contributed by atoms with E-state index in [0.29, 0.717) is 58.2 Å². The van der Waals surface area contributed by atoms with Crippen LogP contribution in [0.15, 0.2) is 57.9 Å². The van der Waals surface area contributed by atoms with Gasteiger partial charge in [0.05, 0.1) is 21.6 Å². The van der Waals surface area contributed by atoms with E-state index >= 15 is 0 Å². The molecule has 0 spiro atoms. The third-order valence-corrected chi connectivity index (χ3v) is 9.30. The standard InChI is InChI=1S/C25H24FN3O7S2/c1-29(12-20(30)15-5-7-16(26)8-6-15)38(32,33)23-13-37-24-18(23)3-2-4-19(24)28-36-25(31)27-17-9-10-21-22(11-17)35-14-34-21/h5-11,13,20,30H,2-4,12,14H2,1H3,(H,27,31). The molecule has 0 saturated carbocycles. The molecule has 1 aromatic heterocycles. The number of nitrogens with one attached hydrogen (secondary N) is 1. The van der Waals surface area contributed by atoms with Gasteiger partial charge in [-0.05, 0) is 54.7 Å². The van der Waals surface area contributed by atoms with Gasteiger partial charge in [0.25, 0.3) is 0 Å². The Hall–Kier alpha value is -3.52. The first-order chi connectivity index (χ1) is 18.2. The molecular formula is C25H24FN3O7S2. The van der Waals surface area contributed by atoms with Crippen LogP contribution in [0.3, 0.4) is 0 Å². The minimum atomic E-state index is -3.94. The largest absolute Gasteiger partial charge is 0.454 e. The van der Waals surface area contributed by atoms with Crippen LogP contribution in [0.25, 0.3) is 0 Å². The average molecular weight is 562 g/mol. The Balaban J connectivity index is 1.27. The number of fused-ring (bicyclic) bond motifs is 2. The molecule has 2 aliphatic rings. The number of aliphatic hydroxyl groups excluding tert-OH is 1. The molecule has 1 atom stereocenters. The summed E-state index contributed by atoms with van der Waals surface area (Å²) in [6.45, 7) is -0.0922. The number of oxime groups is 1. The Morgan fingerprint density at radius 3 is 2.76 bits per heavy atom. The van der Waals surface area contributed by atoms with Gasteiger partial charge in [-0.1, -0.05) is 17.3 Å². The number of hydrogen-bond donors (Lipinski definition) is 2. The molecule has 2 aromatic carbocycles. The lowest BCUT2D eigenvalue weighted by molar-refractivity contribution is 0.155. The average Bonchev–Trinajstić information content (AvgIpc) is 3.55. The van der Waals surface area contributed by atoms with Crippen molar-refractivity contribution in [3.8, 4) is 11.5 Å². The van der Waals surface area contributed by atoms with Crippen molar-refractivity contribution in [2.24, 2.45) is 5.16 Å². The van der Waals surface area contributed by atoms with E-state index in [2.05, 4.69) is 10.5 Å². The highest BCUT2D eigenvalue weighted by atomic mass is 32.2. The highest BCUT2D eigenvalue weighted by molar-refractivity contribution is 7.89. The normalized spacial score (nSPS) is 16.4. The fraction of sp³-hybridized carbons (Fsp3) is 0.280. The van der Waals surface area contributed by atoms with E-state index in [9.17, 15) is 22.7 Å². The summed E-state index contributed by atoms with van der Waals surface area (Å²) in [5.74, 6) is 0.644. The summed E-state index contributed by atoms with van der Waals surface area (Å²) in [6.07, 6.45) is -0.269. The third kappa shape index (κ3) is 5.36. The van der Waals surface area contributed by atoms with Gasteiger partial charge in [0.15, 0.2) is 11.5 Å². The maximum atomic E-state index is 13.3. The molecule has 2 heterocycles. The SMILES string of the molecule is CN(CC(O)c1ccc(F)cc1)S(=O)(=O)c1csc2c1CCCC2=NOC(=O)Nc1ccc2c(c1)OCO2. The quantitative estimate of drug-likeness (QED) is 0.326. The first-order valence-corrected chi connectivity index (χ1v) is 14.0. The molecule has 1 amide bonds. The molecule has 0 fully saturated rings. The summed E-state index contributed by atoms with van der Waals surface area (Å²) >= 11 is 1.21. The molecule has 13 heteroatoms. The first kappa shape index (κ1) is 26.1. The Bertz CT molecular complexity index is 1490. The van der Waals surface area contributed by atoms with E-state index in [4.69, 9.17) is 14.3 Å². The molecular weight excluding hydrogens is 537 g/mol. The molecule has 1 aliphatic carbocycles. The lowest BCUT2D eigenvalue weighted by atomic mass is 9.98. The van der Waals surface area contributed by atoms with Gasteiger partial charge in [0.2, 0.25) is 16.8 Å². The van der Waals surface area contributed by atoms with Crippen molar-refractivity contribution in [3.63, 3.8) is 0 Å². The van der Waals surface area contributed by atoms with Crippen LogP contribution in [0.5, 0.6) is 11.5 Å². The number of carbonyl (C=O) groups is 1.